The van der Waals surface area contributed by atoms with Crippen molar-refractivity contribution < 1.29 is 9.90 Å². The largest absolute Gasteiger partial charge is 0.481 e. The van der Waals surface area contributed by atoms with E-state index in [0.29, 0.717) is 6.42 Å². The number of carboxylic acid groups (broad SMARTS) is 1. The Hall–Kier alpha value is -2.10. The van der Waals surface area contributed by atoms with Gasteiger partial charge in [0.05, 0.1) is 18.2 Å². The molecule has 17 heavy (non-hydrogen) atoms. The van der Waals surface area contributed by atoms with Gasteiger partial charge >= 0.3 is 5.97 Å². The van der Waals surface area contributed by atoms with Gasteiger partial charge in [0.1, 0.15) is 0 Å². The second kappa shape index (κ2) is 4.82. The summed E-state index contributed by atoms with van der Waals surface area (Å²) in [5.74, 6) is -0.763. The topological polar surface area (TPSA) is 55.1 Å². The van der Waals surface area contributed by atoms with Gasteiger partial charge in [-0.3, -0.25) is 4.79 Å². The van der Waals surface area contributed by atoms with Gasteiger partial charge in [0.25, 0.3) is 0 Å². The first-order valence-corrected chi connectivity index (χ1v) is 5.44. The summed E-state index contributed by atoms with van der Waals surface area (Å²) in [6.07, 6.45) is 4.31. The van der Waals surface area contributed by atoms with Gasteiger partial charge in [-0.1, -0.05) is 24.3 Å². The van der Waals surface area contributed by atoms with Crippen molar-refractivity contribution in [1.29, 1.82) is 0 Å². The lowest BCUT2D eigenvalue weighted by atomic mass is 10.1. The van der Waals surface area contributed by atoms with Crippen LogP contribution >= 0.6 is 0 Å². The molecule has 4 heteroatoms. The average molecular weight is 230 g/mol. The summed E-state index contributed by atoms with van der Waals surface area (Å²) in [7, 11) is 1.95. The maximum absolute atomic E-state index is 10.5. The average Bonchev–Trinajstić information content (AvgIpc) is 2.73. The highest BCUT2D eigenvalue weighted by molar-refractivity contribution is 5.67. The fourth-order valence-corrected chi connectivity index (χ4v) is 1.73. The Bertz CT molecular complexity index is 514. The maximum atomic E-state index is 10.5. The molecule has 0 atom stereocenters. The number of hydrogen-bond donors (Lipinski definition) is 1. The van der Waals surface area contributed by atoms with Crippen LogP contribution in [0, 0.1) is 0 Å². The molecule has 2 aromatic rings. The summed E-state index contributed by atoms with van der Waals surface area (Å²) in [5, 5.41) is 8.60. The zero-order chi connectivity index (χ0) is 12.3. The van der Waals surface area contributed by atoms with Crippen LogP contribution in [-0.4, -0.2) is 20.6 Å². The van der Waals surface area contributed by atoms with E-state index >= 15 is 0 Å². The molecule has 0 spiro atoms. The van der Waals surface area contributed by atoms with Gasteiger partial charge in [-0.05, 0) is 17.5 Å². The number of aromatic nitrogens is 2. The van der Waals surface area contributed by atoms with Gasteiger partial charge in [-0.25, -0.2) is 4.98 Å². The Balaban J connectivity index is 2.13. The van der Waals surface area contributed by atoms with E-state index in [1.807, 2.05) is 42.1 Å². The minimum Gasteiger partial charge on any atom is -0.481 e. The SMILES string of the molecule is Cn1cncc1-c1ccc(CCC(=O)O)cc1. The fourth-order valence-electron chi connectivity index (χ4n) is 1.73. The molecule has 0 unspecified atom stereocenters. The molecule has 1 heterocycles. The zero-order valence-electron chi connectivity index (χ0n) is 9.63. The molecule has 0 bridgehead atoms. The molecular weight excluding hydrogens is 216 g/mol. The molecule has 0 aliphatic carbocycles. The Morgan fingerprint density at radius 1 is 1.35 bits per heavy atom. The van der Waals surface area contributed by atoms with E-state index in [-0.39, 0.29) is 6.42 Å². The smallest absolute Gasteiger partial charge is 0.303 e. The standard InChI is InChI=1S/C13H14N2O2/c1-15-9-14-8-12(15)11-5-2-10(3-6-11)4-7-13(16)17/h2-3,5-6,8-9H,4,7H2,1H3,(H,16,17). The summed E-state index contributed by atoms with van der Waals surface area (Å²) in [6, 6.07) is 7.92. The maximum Gasteiger partial charge on any atom is 0.303 e. The second-order valence-corrected chi connectivity index (χ2v) is 3.98. The van der Waals surface area contributed by atoms with Crippen molar-refractivity contribution in [2.45, 2.75) is 12.8 Å². The van der Waals surface area contributed by atoms with E-state index in [4.69, 9.17) is 5.11 Å². The molecule has 2 rings (SSSR count). The third-order valence-electron chi connectivity index (χ3n) is 2.69. The van der Waals surface area contributed by atoms with Crippen molar-refractivity contribution in [1.82, 2.24) is 9.55 Å². The lowest BCUT2D eigenvalue weighted by Crippen LogP contribution is -1.97. The van der Waals surface area contributed by atoms with Crippen LogP contribution in [0.5, 0.6) is 0 Å². The summed E-state index contributed by atoms with van der Waals surface area (Å²) in [4.78, 5) is 14.5. The van der Waals surface area contributed by atoms with E-state index in [1.165, 1.54) is 0 Å². The van der Waals surface area contributed by atoms with E-state index in [0.717, 1.165) is 16.8 Å². The van der Waals surface area contributed by atoms with E-state index in [1.54, 1.807) is 6.33 Å². The Kier molecular flexibility index (Phi) is 3.23. The lowest BCUT2D eigenvalue weighted by molar-refractivity contribution is -0.136. The predicted octanol–water partition coefficient (Wildman–Crippen LogP) is 2.10. The van der Waals surface area contributed by atoms with Crippen LogP contribution in [0.15, 0.2) is 36.8 Å². The second-order valence-electron chi connectivity index (χ2n) is 3.98. The molecule has 0 aliphatic rings. The van der Waals surface area contributed by atoms with Gasteiger partial charge < -0.3 is 9.67 Å². The van der Waals surface area contributed by atoms with Crippen LogP contribution in [0.1, 0.15) is 12.0 Å². The van der Waals surface area contributed by atoms with Crippen molar-refractivity contribution in [2.24, 2.45) is 7.05 Å². The summed E-state index contributed by atoms with van der Waals surface area (Å²) < 4.78 is 1.95. The lowest BCUT2D eigenvalue weighted by Gasteiger charge is -2.04. The highest BCUT2D eigenvalue weighted by atomic mass is 16.4. The molecule has 0 saturated carbocycles. The normalized spacial score (nSPS) is 10.4. The van der Waals surface area contributed by atoms with Crippen molar-refractivity contribution in [3.8, 4) is 11.3 Å². The molecule has 88 valence electrons. The van der Waals surface area contributed by atoms with E-state index < -0.39 is 5.97 Å². The van der Waals surface area contributed by atoms with Gasteiger partial charge in [-0.15, -0.1) is 0 Å². The number of imidazole rings is 1. The first-order valence-electron chi connectivity index (χ1n) is 5.44. The third kappa shape index (κ3) is 2.72. The van der Waals surface area contributed by atoms with Crippen LogP contribution in [-0.2, 0) is 18.3 Å². The fraction of sp³-hybridized carbons (Fsp3) is 0.231. The molecular formula is C13H14N2O2. The molecule has 1 aromatic carbocycles. The molecule has 0 aliphatic heterocycles. The van der Waals surface area contributed by atoms with Crippen molar-refractivity contribution in [2.75, 3.05) is 0 Å². The highest BCUT2D eigenvalue weighted by Crippen LogP contribution is 2.18. The summed E-state index contributed by atoms with van der Waals surface area (Å²) in [5.41, 5.74) is 3.18. The van der Waals surface area contributed by atoms with Crippen molar-refractivity contribution >= 4 is 5.97 Å². The molecule has 0 fully saturated rings. The monoisotopic (exact) mass is 230 g/mol. The molecule has 0 radical (unpaired) electrons. The Labute approximate surface area is 99.5 Å². The molecule has 0 saturated heterocycles. The third-order valence-corrected chi connectivity index (χ3v) is 2.69. The number of hydrogen-bond acceptors (Lipinski definition) is 2. The van der Waals surface area contributed by atoms with Crippen LogP contribution in [0.25, 0.3) is 11.3 Å². The number of benzene rings is 1. The van der Waals surface area contributed by atoms with Crippen molar-refractivity contribution in [3.05, 3.63) is 42.4 Å². The van der Waals surface area contributed by atoms with Gasteiger partial charge in [0.15, 0.2) is 0 Å². The van der Waals surface area contributed by atoms with Gasteiger partial charge in [-0.2, -0.15) is 0 Å². The number of aryl methyl sites for hydroxylation is 2. The quantitative estimate of drug-likeness (QED) is 0.875. The van der Waals surface area contributed by atoms with Crippen LogP contribution in [0.4, 0.5) is 0 Å². The minimum absolute atomic E-state index is 0.172. The molecule has 0 amide bonds. The first-order chi connectivity index (χ1) is 8.16. The van der Waals surface area contributed by atoms with E-state index in [2.05, 4.69) is 4.98 Å². The Morgan fingerprint density at radius 3 is 2.59 bits per heavy atom. The van der Waals surface area contributed by atoms with Crippen LogP contribution in [0.3, 0.4) is 0 Å². The number of carboxylic acids is 1. The number of aliphatic carboxylic acids is 1. The first kappa shape index (κ1) is 11.4. The van der Waals surface area contributed by atoms with Crippen LogP contribution < -0.4 is 0 Å². The highest BCUT2D eigenvalue weighted by Gasteiger charge is 2.03. The summed E-state index contributed by atoms with van der Waals surface area (Å²) in [6.45, 7) is 0. The number of nitrogens with zero attached hydrogens (tertiary/aromatic N) is 2. The Morgan fingerprint density at radius 2 is 2.06 bits per heavy atom. The molecule has 1 aromatic heterocycles. The molecule has 4 nitrogen and oxygen atoms in total. The molecule has 1 N–H and O–H groups in total. The minimum atomic E-state index is -0.763. The predicted molar refractivity (Wildman–Crippen MR) is 64.6 cm³/mol. The van der Waals surface area contributed by atoms with E-state index in [9.17, 15) is 4.79 Å². The summed E-state index contributed by atoms with van der Waals surface area (Å²) >= 11 is 0. The van der Waals surface area contributed by atoms with Gasteiger partial charge in [0.2, 0.25) is 0 Å². The van der Waals surface area contributed by atoms with Gasteiger partial charge in [0, 0.05) is 13.5 Å². The van der Waals surface area contributed by atoms with Crippen molar-refractivity contribution in [3.63, 3.8) is 0 Å². The number of rotatable bonds is 4. The van der Waals surface area contributed by atoms with Crippen LogP contribution in [0.2, 0.25) is 0 Å². The zero-order valence-corrected chi connectivity index (χ0v) is 9.63. The number of carbonyl (C=O) groups is 1.